The fraction of sp³-hybridized carbons (Fsp3) is 0. The molecule has 0 aliphatic rings. The summed E-state index contributed by atoms with van der Waals surface area (Å²) in [5.74, 6) is 0. The van der Waals surface area contributed by atoms with Crippen LogP contribution in [0.15, 0.2) is 83.3 Å². The van der Waals surface area contributed by atoms with Gasteiger partial charge in [-0.15, -0.1) is 0 Å². The molecular formula is C20H13Br. The van der Waals surface area contributed by atoms with Crippen LogP contribution in [0.2, 0.25) is 0 Å². The molecule has 0 bridgehead atoms. The first-order valence-electron chi connectivity index (χ1n) is 6.99. The number of benzene rings is 4. The van der Waals surface area contributed by atoms with Crippen molar-refractivity contribution in [2.75, 3.05) is 0 Å². The van der Waals surface area contributed by atoms with Gasteiger partial charge in [0.25, 0.3) is 0 Å². The Kier molecular flexibility index (Phi) is 3.01. The molecule has 0 atom stereocenters. The Morgan fingerprint density at radius 1 is 0.571 bits per heavy atom. The highest BCUT2D eigenvalue weighted by molar-refractivity contribution is 9.10. The van der Waals surface area contributed by atoms with E-state index < -0.39 is 0 Å². The van der Waals surface area contributed by atoms with Crippen molar-refractivity contribution in [1.29, 1.82) is 0 Å². The molecule has 0 aliphatic heterocycles. The van der Waals surface area contributed by atoms with Gasteiger partial charge in [-0.25, -0.2) is 0 Å². The number of halogens is 1. The summed E-state index contributed by atoms with van der Waals surface area (Å²) in [7, 11) is 0. The van der Waals surface area contributed by atoms with Crippen molar-refractivity contribution in [3.8, 4) is 11.1 Å². The number of rotatable bonds is 1. The van der Waals surface area contributed by atoms with Crippen molar-refractivity contribution in [1.82, 2.24) is 0 Å². The molecule has 100 valence electrons. The van der Waals surface area contributed by atoms with Crippen molar-refractivity contribution in [3.05, 3.63) is 83.3 Å². The number of fused-ring (bicyclic) bond motifs is 3. The third-order valence-electron chi connectivity index (χ3n) is 3.92. The van der Waals surface area contributed by atoms with Gasteiger partial charge in [0.2, 0.25) is 0 Å². The van der Waals surface area contributed by atoms with Crippen LogP contribution in [0, 0.1) is 0 Å². The van der Waals surface area contributed by atoms with Gasteiger partial charge >= 0.3 is 0 Å². The maximum atomic E-state index is 3.55. The van der Waals surface area contributed by atoms with Crippen molar-refractivity contribution in [3.63, 3.8) is 0 Å². The second kappa shape index (κ2) is 5.01. The van der Waals surface area contributed by atoms with Gasteiger partial charge in [-0.3, -0.25) is 0 Å². The second-order valence-corrected chi connectivity index (χ2v) is 6.11. The predicted octanol–water partition coefficient (Wildman–Crippen LogP) is 6.42. The van der Waals surface area contributed by atoms with E-state index in [2.05, 4.69) is 94.8 Å². The Bertz CT molecular complexity index is 940. The van der Waals surface area contributed by atoms with Crippen molar-refractivity contribution >= 4 is 37.5 Å². The second-order valence-electron chi connectivity index (χ2n) is 5.20. The first kappa shape index (κ1) is 12.6. The molecule has 0 N–H and O–H groups in total. The Morgan fingerprint density at radius 2 is 1.38 bits per heavy atom. The molecular weight excluding hydrogens is 320 g/mol. The Hall–Kier alpha value is -2.12. The third-order valence-corrected chi connectivity index (χ3v) is 4.42. The Balaban J connectivity index is 2.09. The van der Waals surface area contributed by atoms with Crippen molar-refractivity contribution < 1.29 is 0 Å². The predicted molar refractivity (Wildman–Crippen MR) is 94.6 cm³/mol. The molecule has 0 spiro atoms. The topological polar surface area (TPSA) is 0 Å². The highest BCUT2D eigenvalue weighted by atomic mass is 79.9. The quantitative estimate of drug-likeness (QED) is 0.352. The maximum absolute atomic E-state index is 3.55. The summed E-state index contributed by atoms with van der Waals surface area (Å²) in [4.78, 5) is 0. The van der Waals surface area contributed by atoms with Crippen LogP contribution >= 0.6 is 15.9 Å². The lowest BCUT2D eigenvalue weighted by Gasteiger charge is -2.10. The monoisotopic (exact) mass is 332 g/mol. The molecule has 0 amide bonds. The van der Waals surface area contributed by atoms with E-state index in [0.29, 0.717) is 0 Å². The first-order valence-corrected chi connectivity index (χ1v) is 7.79. The summed E-state index contributed by atoms with van der Waals surface area (Å²) in [5, 5.41) is 5.18. The molecule has 1 heteroatoms. The van der Waals surface area contributed by atoms with Crippen molar-refractivity contribution in [2.45, 2.75) is 0 Å². The van der Waals surface area contributed by atoms with E-state index in [1.165, 1.54) is 32.7 Å². The highest BCUT2D eigenvalue weighted by Gasteiger charge is 2.06. The van der Waals surface area contributed by atoms with Crippen LogP contribution in [0.3, 0.4) is 0 Å². The fourth-order valence-electron chi connectivity index (χ4n) is 2.94. The Labute approximate surface area is 132 Å². The summed E-state index contributed by atoms with van der Waals surface area (Å²) < 4.78 is 1.12. The van der Waals surface area contributed by atoms with E-state index in [0.717, 1.165) is 4.47 Å². The zero-order valence-corrected chi connectivity index (χ0v) is 13.0. The SMILES string of the molecule is Brc1ccc2c(ccc3c(-c4ccccc4)cccc32)c1. The number of hydrogen-bond acceptors (Lipinski definition) is 0. The molecule has 0 nitrogen and oxygen atoms in total. The Morgan fingerprint density at radius 3 is 2.24 bits per heavy atom. The van der Waals surface area contributed by atoms with Gasteiger partial charge in [0.1, 0.15) is 0 Å². The molecule has 0 fully saturated rings. The van der Waals surface area contributed by atoms with Crippen LogP contribution in [0.1, 0.15) is 0 Å². The lowest BCUT2D eigenvalue weighted by Crippen LogP contribution is -1.83. The minimum Gasteiger partial charge on any atom is -0.0622 e. The van der Waals surface area contributed by atoms with Crippen LogP contribution in [0.25, 0.3) is 32.7 Å². The van der Waals surface area contributed by atoms with Crippen LogP contribution < -0.4 is 0 Å². The minimum atomic E-state index is 1.12. The zero-order valence-electron chi connectivity index (χ0n) is 11.4. The maximum Gasteiger partial charge on any atom is 0.0181 e. The lowest BCUT2D eigenvalue weighted by atomic mass is 9.95. The summed E-state index contributed by atoms with van der Waals surface area (Å²) in [5.41, 5.74) is 2.55. The molecule has 0 heterocycles. The van der Waals surface area contributed by atoms with Crippen LogP contribution in [0.4, 0.5) is 0 Å². The third kappa shape index (κ3) is 2.14. The largest absolute Gasteiger partial charge is 0.0622 e. The molecule has 0 unspecified atom stereocenters. The minimum absolute atomic E-state index is 1.12. The first-order chi connectivity index (χ1) is 10.3. The van der Waals surface area contributed by atoms with Crippen molar-refractivity contribution in [2.24, 2.45) is 0 Å². The molecule has 21 heavy (non-hydrogen) atoms. The summed E-state index contributed by atoms with van der Waals surface area (Å²) >= 11 is 3.55. The molecule has 0 aliphatic carbocycles. The van der Waals surface area contributed by atoms with E-state index in [-0.39, 0.29) is 0 Å². The lowest BCUT2D eigenvalue weighted by molar-refractivity contribution is 1.65. The van der Waals surface area contributed by atoms with Gasteiger partial charge in [-0.1, -0.05) is 82.7 Å². The normalized spacial score (nSPS) is 11.1. The molecule has 0 saturated carbocycles. The highest BCUT2D eigenvalue weighted by Crippen LogP contribution is 2.33. The van der Waals surface area contributed by atoms with E-state index in [9.17, 15) is 0 Å². The van der Waals surface area contributed by atoms with Gasteiger partial charge in [-0.2, -0.15) is 0 Å². The number of hydrogen-bond donors (Lipinski definition) is 0. The molecule has 4 aromatic rings. The average Bonchev–Trinajstić information content (AvgIpc) is 2.54. The summed E-state index contributed by atoms with van der Waals surface area (Å²) in [6, 6.07) is 28.0. The van der Waals surface area contributed by atoms with E-state index in [4.69, 9.17) is 0 Å². The van der Waals surface area contributed by atoms with Crippen LogP contribution in [0.5, 0.6) is 0 Å². The van der Waals surface area contributed by atoms with Gasteiger partial charge in [0.15, 0.2) is 0 Å². The zero-order chi connectivity index (χ0) is 14.2. The van der Waals surface area contributed by atoms with Gasteiger partial charge in [0, 0.05) is 4.47 Å². The molecule has 4 rings (SSSR count). The van der Waals surface area contributed by atoms with Crippen LogP contribution in [-0.2, 0) is 0 Å². The van der Waals surface area contributed by atoms with E-state index in [1.807, 2.05) is 0 Å². The molecule has 0 aromatic heterocycles. The smallest absolute Gasteiger partial charge is 0.0181 e. The average molecular weight is 333 g/mol. The summed E-state index contributed by atoms with van der Waals surface area (Å²) in [6.07, 6.45) is 0. The van der Waals surface area contributed by atoms with Gasteiger partial charge < -0.3 is 0 Å². The fourth-order valence-corrected chi connectivity index (χ4v) is 3.32. The summed E-state index contributed by atoms with van der Waals surface area (Å²) in [6.45, 7) is 0. The van der Waals surface area contributed by atoms with E-state index in [1.54, 1.807) is 0 Å². The van der Waals surface area contributed by atoms with E-state index >= 15 is 0 Å². The standard InChI is InChI=1S/C20H13Br/c21-16-10-12-18-15(13-16)9-11-20-17(7-4-8-19(18)20)14-5-2-1-3-6-14/h1-13H. The molecule has 0 radical (unpaired) electrons. The van der Waals surface area contributed by atoms with Gasteiger partial charge in [0.05, 0.1) is 0 Å². The molecule has 4 aromatic carbocycles. The van der Waals surface area contributed by atoms with Gasteiger partial charge in [-0.05, 0) is 44.8 Å². The van der Waals surface area contributed by atoms with Crippen LogP contribution in [-0.4, -0.2) is 0 Å². The molecule has 0 saturated heterocycles.